The number of hydrogen-bond acceptors (Lipinski definition) is 3. The molecule has 0 fully saturated rings. The van der Waals surface area contributed by atoms with Gasteiger partial charge < -0.3 is 15.2 Å². The van der Waals surface area contributed by atoms with Crippen molar-refractivity contribution in [2.75, 3.05) is 19.6 Å². The van der Waals surface area contributed by atoms with Gasteiger partial charge in [-0.2, -0.15) is 0 Å². The van der Waals surface area contributed by atoms with Crippen LogP contribution >= 0.6 is 11.6 Å². The smallest absolute Gasteiger partial charge is 0.235 e. The summed E-state index contributed by atoms with van der Waals surface area (Å²) in [6, 6.07) is 8.59. The van der Waals surface area contributed by atoms with Crippen molar-refractivity contribution in [1.29, 1.82) is 0 Å². The van der Waals surface area contributed by atoms with Crippen LogP contribution in [0.2, 0.25) is 0 Å². The molecule has 17 heavy (non-hydrogen) atoms. The number of hydrogen-bond donors (Lipinski definition) is 2. The van der Waals surface area contributed by atoms with E-state index in [1.54, 1.807) is 12.1 Å². The van der Waals surface area contributed by atoms with E-state index in [0.717, 1.165) is 5.56 Å². The number of carbonyl (C=O) groups excluding carboxylic acids is 1. The lowest BCUT2D eigenvalue weighted by Crippen LogP contribution is -2.43. The Morgan fingerprint density at radius 1 is 1.47 bits per heavy atom. The first-order valence-corrected chi connectivity index (χ1v) is 5.79. The molecule has 1 amide bonds. The van der Waals surface area contributed by atoms with Gasteiger partial charge in [-0.1, -0.05) is 30.3 Å². The Hall–Kier alpha value is -1.10. The number of carbonyl (C=O) groups is 1. The Kier molecular flexibility index (Phi) is 5.97. The van der Waals surface area contributed by atoms with E-state index in [1.807, 2.05) is 18.2 Å². The second-order valence-corrected chi connectivity index (χ2v) is 3.89. The van der Waals surface area contributed by atoms with E-state index in [4.69, 9.17) is 16.3 Å². The number of nitrogens with one attached hydrogen (secondary N) is 1. The van der Waals surface area contributed by atoms with Gasteiger partial charge in [0.25, 0.3) is 0 Å². The molecule has 1 rings (SSSR count). The van der Waals surface area contributed by atoms with Gasteiger partial charge in [0.1, 0.15) is 12.0 Å². The molecule has 0 aliphatic carbocycles. The van der Waals surface area contributed by atoms with Gasteiger partial charge in [0.2, 0.25) is 5.91 Å². The van der Waals surface area contributed by atoms with Crippen molar-refractivity contribution in [3.05, 3.63) is 35.9 Å². The highest BCUT2D eigenvalue weighted by Crippen LogP contribution is 2.16. The molecule has 0 bridgehead atoms. The summed E-state index contributed by atoms with van der Waals surface area (Å²) >= 11 is 5.41. The summed E-state index contributed by atoms with van der Waals surface area (Å²) in [6.45, 7) is 0.221. The Morgan fingerprint density at radius 2 is 2.12 bits per heavy atom. The SMILES string of the molecule is COC[C@H](NC(=O)CCl)[C@@H](O)c1ccccc1. The van der Waals surface area contributed by atoms with Crippen molar-refractivity contribution in [3.63, 3.8) is 0 Å². The Labute approximate surface area is 106 Å². The van der Waals surface area contributed by atoms with Crippen molar-refractivity contribution in [2.45, 2.75) is 12.1 Å². The third-order valence-corrected chi connectivity index (χ3v) is 2.58. The van der Waals surface area contributed by atoms with Crippen molar-refractivity contribution >= 4 is 17.5 Å². The fourth-order valence-electron chi connectivity index (χ4n) is 1.52. The molecule has 2 N–H and O–H groups in total. The van der Waals surface area contributed by atoms with Crippen molar-refractivity contribution in [1.82, 2.24) is 5.32 Å². The van der Waals surface area contributed by atoms with Crippen molar-refractivity contribution < 1.29 is 14.6 Å². The minimum absolute atomic E-state index is 0.137. The van der Waals surface area contributed by atoms with Crippen LogP contribution in [0, 0.1) is 0 Å². The maximum absolute atomic E-state index is 11.2. The number of ether oxygens (including phenoxy) is 1. The summed E-state index contributed by atoms with van der Waals surface area (Å²) in [5.74, 6) is -0.467. The van der Waals surface area contributed by atoms with Gasteiger partial charge in [-0.05, 0) is 5.56 Å². The minimum atomic E-state index is -0.816. The van der Waals surface area contributed by atoms with Gasteiger partial charge in [-0.25, -0.2) is 0 Å². The molecule has 0 unspecified atom stereocenters. The molecule has 94 valence electrons. The van der Waals surface area contributed by atoms with E-state index < -0.39 is 12.1 Å². The third-order valence-electron chi connectivity index (χ3n) is 2.34. The van der Waals surface area contributed by atoms with Gasteiger partial charge in [-0.3, -0.25) is 4.79 Å². The average Bonchev–Trinajstić information content (AvgIpc) is 2.38. The molecule has 0 aliphatic rings. The van der Waals surface area contributed by atoms with Crippen LogP contribution < -0.4 is 5.32 Å². The second kappa shape index (κ2) is 7.27. The molecule has 1 aromatic rings. The fraction of sp³-hybridized carbons (Fsp3) is 0.417. The zero-order chi connectivity index (χ0) is 12.7. The van der Waals surface area contributed by atoms with Crippen LogP contribution in [0.4, 0.5) is 0 Å². The number of amides is 1. The monoisotopic (exact) mass is 257 g/mol. The molecule has 0 saturated carbocycles. The summed E-state index contributed by atoms with van der Waals surface area (Å²) in [5, 5.41) is 12.7. The quantitative estimate of drug-likeness (QED) is 0.750. The summed E-state index contributed by atoms with van der Waals surface area (Å²) in [4.78, 5) is 11.2. The van der Waals surface area contributed by atoms with Gasteiger partial charge in [0, 0.05) is 7.11 Å². The predicted molar refractivity (Wildman–Crippen MR) is 65.9 cm³/mol. The van der Waals surface area contributed by atoms with Crippen LogP contribution in [0.3, 0.4) is 0 Å². The topological polar surface area (TPSA) is 58.6 Å². The highest BCUT2D eigenvalue weighted by Gasteiger charge is 2.22. The van der Waals surface area contributed by atoms with E-state index in [9.17, 15) is 9.90 Å². The Morgan fingerprint density at radius 3 is 2.65 bits per heavy atom. The highest BCUT2D eigenvalue weighted by molar-refractivity contribution is 6.27. The number of aliphatic hydroxyl groups is 1. The van der Waals surface area contributed by atoms with Gasteiger partial charge >= 0.3 is 0 Å². The first kappa shape index (κ1) is 14.0. The molecule has 5 heteroatoms. The number of alkyl halides is 1. The van der Waals surface area contributed by atoms with Crippen LogP contribution in [-0.4, -0.2) is 36.7 Å². The van der Waals surface area contributed by atoms with E-state index in [-0.39, 0.29) is 18.4 Å². The second-order valence-electron chi connectivity index (χ2n) is 3.62. The number of halogens is 1. The van der Waals surface area contributed by atoms with E-state index in [1.165, 1.54) is 7.11 Å². The summed E-state index contributed by atoms with van der Waals surface area (Å²) in [7, 11) is 1.51. The molecule has 0 spiro atoms. The zero-order valence-corrected chi connectivity index (χ0v) is 10.4. The maximum Gasteiger partial charge on any atom is 0.235 e. The zero-order valence-electron chi connectivity index (χ0n) is 9.60. The van der Waals surface area contributed by atoms with Gasteiger partial charge in [-0.15, -0.1) is 11.6 Å². The number of benzene rings is 1. The Balaban J connectivity index is 2.73. The lowest BCUT2D eigenvalue weighted by Gasteiger charge is -2.23. The van der Waals surface area contributed by atoms with Crippen molar-refractivity contribution in [2.24, 2.45) is 0 Å². The highest BCUT2D eigenvalue weighted by atomic mass is 35.5. The molecular formula is C12H16ClNO3. The number of aliphatic hydroxyl groups excluding tert-OH is 1. The molecule has 0 aromatic heterocycles. The lowest BCUT2D eigenvalue weighted by molar-refractivity contribution is -0.120. The van der Waals surface area contributed by atoms with Crippen LogP contribution in [0.15, 0.2) is 30.3 Å². The van der Waals surface area contributed by atoms with E-state index in [2.05, 4.69) is 5.32 Å². The van der Waals surface area contributed by atoms with E-state index in [0.29, 0.717) is 0 Å². The molecule has 0 radical (unpaired) electrons. The largest absolute Gasteiger partial charge is 0.386 e. The van der Waals surface area contributed by atoms with Crippen LogP contribution in [0.25, 0.3) is 0 Å². The van der Waals surface area contributed by atoms with Gasteiger partial charge in [0.15, 0.2) is 0 Å². The molecule has 1 aromatic carbocycles. The molecule has 2 atom stereocenters. The third kappa shape index (κ3) is 4.34. The van der Waals surface area contributed by atoms with Crippen LogP contribution in [-0.2, 0) is 9.53 Å². The lowest BCUT2D eigenvalue weighted by atomic mass is 10.0. The summed E-state index contributed by atoms with van der Waals surface area (Å²) in [5.41, 5.74) is 0.726. The minimum Gasteiger partial charge on any atom is -0.386 e. The molecule has 4 nitrogen and oxygen atoms in total. The summed E-state index contributed by atoms with van der Waals surface area (Å²) < 4.78 is 4.97. The molecule has 0 saturated heterocycles. The van der Waals surface area contributed by atoms with Crippen LogP contribution in [0.1, 0.15) is 11.7 Å². The molecule has 0 aliphatic heterocycles. The predicted octanol–water partition coefficient (Wildman–Crippen LogP) is 1.09. The molecular weight excluding hydrogens is 242 g/mol. The molecule has 0 heterocycles. The maximum atomic E-state index is 11.2. The van der Waals surface area contributed by atoms with E-state index >= 15 is 0 Å². The average molecular weight is 258 g/mol. The van der Waals surface area contributed by atoms with Crippen LogP contribution in [0.5, 0.6) is 0 Å². The first-order chi connectivity index (χ1) is 8.19. The number of rotatable bonds is 6. The standard InChI is InChI=1S/C12H16ClNO3/c1-17-8-10(14-11(15)7-13)12(16)9-5-3-2-4-6-9/h2-6,10,12,16H,7-8H2,1H3,(H,14,15)/t10-,12-/m0/s1. The summed E-state index contributed by atoms with van der Waals surface area (Å²) in [6.07, 6.45) is -0.816. The fourth-order valence-corrected chi connectivity index (χ4v) is 1.60. The first-order valence-electron chi connectivity index (χ1n) is 5.26. The Bertz CT molecular complexity index is 345. The van der Waals surface area contributed by atoms with Crippen molar-refractivity contribution in [3.8, 4) is 0 Å². The van der Waals surface area contributed by atoms with Gasteiger partial charge in [0.05, 0.1) is 12.6 Å². The number of methoxy groups -OCH3 is 1. The normalized spacial score (nSPS) is 14.1.